The van der Waals surface area contributed by atoms with Gasteiger partial charge in [-0.15, -0.1) is 0 Å². The molecule has 0 spiro atoms. The number of para-hydroxylation sites is 2. The second-order valence-electron chi connectivity index (χ2n) is 12.5. The Morgan fingerprint density at radius 2 is 1.52 bits per heavy atom. The van der Waals surface area contributed by atoms with Crippen LogP contribution in [0, 0.1) is 36.0 Å². The minimum atomic E-state index is -1.77. The molecule has 7 rings (SSSR count). The topological polar surface area (TPSA) is 135 Å². The Morgan fingerprint density at radius 3 is 2.25 bits per heavy atom. The van der Waals surface area contributed by atoms with E-state index in [0.717, 1.165) is 10.5 Å². The zero-order valence-electron chi connectivity index (χ0n) is 24.3. The van der Waals surface area contributed by atoms with E-state index >= 15 is 0 Å². The number of amides is 4. The number of rotatable bonds is 4. The first-order valence-electron chi connectivity index (χ1n) is 14.8. The van der Waals surface area contributed by atoms with Gasteiger partial charge in [0.1, 0.15) is 5.75 Å². The number of imide groups is 2. The van der Waals surface area contributed by atoms with Crippen molar-refractivity contribution in [2.24, 2.45) is 29.1 Å². The molecule has 9 nitrogen and oxygen atoms in total. The van der Waals surface area contributed by atoms with E-state index in [-0.39, 0.29) is 47.5 Å². The molecule has 3 N–H and O–H groups in total. The first-order valence-corrected chi connectivity index (χ1v) is 14.8. The quantitative estimate of drug-likeness (QED) is 0.242. The molecule has 4 aliphatic rings. The average molecular weight is 590 g/mol. The van der Waals surface area contributed by atoms with Crippen molar-refractivity contribution < 1.29 is 34.3 Å². The van der Waals surface area contributed by atoms with Crippen LogP contribution in [0.5, 0.6) is 5.75 Å². The Morgan fingerprint density at radius 1 is 0.818 bits per heavy atom. The second-order valence-corrected chi connectivity index (χ2v) is 12.5. The van der Waals surface area contributed by atoms with E-state index in [1.807, 2.05) is 18.2 Å². The van der Waals surface area contributed by atoms with Gasteiger partial charge in [0.15, 0.2) is 0 Å². The predicted molar refractivity (Wildman–Crippen MR) is 163 cm³/mol. The summed E-state index contributed by atoms with van der Waals surface area (Å²) >= 11 is 0. The smallest absolute Gasteiger partial charge is 0.488 e. The van der Waals surface area contributed by atoms with Crippen LogP contribution in [-0.4, -0.2) is 45.9 Å². The van der Waals surface area contributed by atoms with Crippen LogP contribution in [0.15, 0.2) is 84.4 Å². The molecule has 0 aromatic heterocycles. The molecule has 2 saturated heterocycles. The van der Waals surface area contributed by atoms with Gasteiger partial charge in [-0.3, -0.25) is 24.1 Å². The highest BCUT2D eigenvalue weighted by Gasteiger charge is 2.68. The van der Waals surface area contributed by atoms with Crippen LogP contribution < -0.4 is 15.3 Å². The lowest BCUT2D eigenvalue weighted by molar-refractivity contribution is -0.131. The highest BCUT2D eigenvalue weighted by Crippen LogP contribution is 2.64. The minimum absolute atomic E-state index is 0.0365. The van der Waals surface area contributed by atoms with Crippen molar-refractivity contribution in [3.63, 3.8) is 0 Å². The summed E-state index contributed by atoms with van der Waals surface area (Å²) in [5.41, 5.74) is 1.54. The van der Waals surface area contributed by atoms with Crippen LogP contribution in [0.4, 0.5) is 11.4 Å². The van der Waals surface area contributed by atoms with Crippen molar-refractivity contribution in [2.75, 3.05) is 9.80 Å². The number of anilines is 2. The summed E-state index contributed by atoms with van der Waals surface area (Å²) in [6.45, 7) is 3.56. The zero-order chi connectivity index (χ0) is 31.1. The van der Waals surface area contributed by atoms with E-state index in [1.165, 1.54) is 17.0 Å². The van der Waals surface area contributed by atoms with Gasteiger partial charge in [0.2, 0.25) is 23.6 Å². The summed E-state index contributed by atoms with van der Waals surface area (Å²) < 4.78 is 0. The van der Waals surface area contributed by atoms with Gasteiger partial charge in [-0.1, -0.05) is 60.2 Å². The number of carbonyl (C=O) groups excluding carboxylic acids is 4. The first kappa shape index (κ1) is 28.2. The third-order valence-electron chi connectivity index (χ3n) is 10.3. The van der Waals surface area contributed by atoms with Crippen molar-refractivity contribution in [1.82, 2.24) is 0 Å². The maximum atomic E-state index is 14.4. The van der Waals surface area contributed by atoms with E-state index in [4.69, 9.17) is 0 Å². The standard InChI is InChI=1S/C34H31BN2O7/c1-18-8-6-13-24(29(18)38)28-22-14-15-23-27(32(41)36(30(23)39)21-12-7-9-19(16-21)35(43)44)25(22)17-26-31(40)37(33(42)34(26,28)2)20-10-4-3-5-11-20/h3-14,16,23,25-28,38,43-44H,15,17H2,1-2H3. The van der Waals surface area contributed by atoms with Crippen LogP contribution >= 0.6 is 0 Å². The summed E-state index contributed by atoms with van der Waals surface area (Å²) in [6, 6.07) is 20.2. The van der Waals surface area contributed by atoms with Gasteiger partial charge in [0, 0.05) is 11.5 Å². The number of benzene rings is 3. The molecule has 3 aromatic rings. The van der Waals surface area contributed by atoms with Gasteiger partial charge >= 0.3 is 7.12 Å². The molecule has 222 valence electrons. The van der Waals surface area contributed by atoms with Crippen molar-refractivity contribution >= 4 is 47.6 Å². The lowest BCUT2D eigenvalue weighted by Crippen LogP contribution is -2.49. The molecule has 2 aliphatic heterocycles. The summed E-state index contributed by atoms with van der Waals surface area (Å²) in [6.07, 6.45) is 2.39. The highest BCUT2D eigenvalue weighted by atomic mass is 16.4. The van der Waals surface area contributed by atoms with Gasteiger partial charge in [-0.2, -0.15) is 0 Å². The number of allylic oxidation sites excluding steroid dienone is 2. The first-order chi connectivity index (χ1) is 21.1. The van der Waals surface area contributed by atoms with Crippen molar-refractivity contribution in [3.05, 3.63) is 95.6 Å². The van der Waals surface area contributed by atoms with E-state index < -0.39 is 48.0 Å². The normalized spacial score (nSPS) is 29.4. The molecule has 2 heterocycles. The summed E-state index contributed by atoms with van der Waals surface area (Å²) in [4.78, 5) is 58.9. The number of phenols is 1. The van der Waals surface area contributed by atoms with Gasteiger partial charge in [-0.25, -0.2) is 4.90 Å². The SMILES string of the molecule is Cc1cccc(C2C3=CCC4C(=O)N(c5cccc(B(O)O)c5)C(=O)C4C3CC3C(=O)N(c4ccccc4)C(=O)C32C)c1O. The Labute approximate surface area is 254 Å². The Hall–Kier alpha value is -4.54. The fourth-order valence-electron chi connectivity index (χ4n) is 8.18. The average Bonchev–Trinajstić information content (AvgIpc) is 3.38. The van der Waals surface area contributed by atoms with Crippen LogP contribution in [0.3, 0.4) is 0 Å². The Bertz CT molecular complexity index is 1770. The lowest BCUT2D eigenvalue weighted by Gasteiger charge is -2.49. The van der Waals surface area contributed by atoms with Crippen molar-refractivity contribution in [2.45, 2.75) is 32.6 Å². The fraction of sp³-hybridized carbons (Fsp3) is 0.294. The van der Waals surface area contributed by atoms with Crippen molar-refractivity contribution in [1.29, 1.82) is 0 Å². The largest absolute Gasteiger partial charge is 0.507 e. The summed E-state index contributed by atoms with van der Waals surface area (Å²) in [5, 5.41) is 30.7. The molecule has 10 heteroatoms. The molecule has 3 fully saturated rings. The van der Waals surface area contributed by atoms with Gasteiger partial charge in [-0.05, 0) is 67.9 Å². The molecule has 2 aliphatic carbocycles. The lowest BCUT2D eigenvalue weighted by atomic mass is 9.51. The molecule has 3 aromatic carbocycles. The molecule has 4 amide bonds. The molecule has 0 bridgehead atoms. The number of fused-ring (bicyclic) bond motifs is 4. The number of hydrogen-bond acceptors (Lipinski definition) is 7. The van der Waals surface area contributed by atoms with Crippen LogP contribution in [0.2, 0.25) is 0 Å². The van der Waals surface area contributed by atoms with E-state index in [9.17, 15) is 34.3 Å². The van der Waals surface area contributed by atoms with Gasteiger partial charge in [0.25, 0.3) is 0 Å². The van der Waals surface area contributed by atoms with E-state index in [0.29, 0.717) is 16.8 Å². The molecule has 6 atom stereocenters. The third kappa shape index (κ3) is 3.80. The number of aryl methyl sites for hydroxylation is 1. The number of aromatic hydroxyl groups is 1. The van der Waals surface area contributed by atoms with Crippen molar-refractivity contribution in [3.8, 4) is 5.75 Å². The molecule has 1 saturated carbocycles. The second kappa shape index (κ2) is 10.0. The van der Waals surface area contributed by atoms with Gasteiger partial charge < -0.3 is 15.2 Å². The van der Waals surface area contributed by atoms with Crippen LogP contribution in [0.1, 0.15) is 36.8 Å². The van der Waals surface area contributed by atoms with Gasteiger partial charge in [0.05, 0.1) is 34.5 Å². The molecular weight excluding hydrogens is 559 g/mol. The van der Waals surface area contributed by atoms with Crippen LogP contribution in [0.25, 0.3) is 0 Å². The number of carbonyl (C=O) groups is 4. The van der Waals surface area contributed by atoms with E-state index in [2.05, 4.69) is 0 Å². The molecule has 44 heavy (non-hydrogen) atoms. The fourth-order valence-corrected chi connectivity index (χ4v) is 8.18. The Balaban J connectivity index is 1.37. The summed E-state index contributed by atoms with van der Waals surface area (Å²) in [5.74, 6) is -4.98. The number of phenolic OH excluding ortho intramolecular Hbond substituents is 1. The zero-order valence-corrected chi connectivity index (χ0v) is 24.3. The number of nitrogens with zero attached hydrogens (tertiary/aromatic N) is 2. The molecule has 6 unspecified atom stereocenters. The summed E-state index contributed by atoms with van der Waals surface area (Å²) in [7, 11) is -1.77. The Kier molecular flexibility index (Phi) is 6.42. The number of hydrogen-bond donors (Lipinski definition) is 3. The monoisotopic (exact) mass is 590 g/mol. The predicted octanol–water partition coefficient (Wildman–Crippen LogP) is 2.82. The van der Waals surface area contributed by atoms with E-state index in [1.54, 1.807) is 62.4 Å². The molecular formula is C34H31BN2O7. The van der Waals surface area contributed by atoms with Crippen LogP contribution in [-0.2, 0) is 19.2 Å². The minimum Gasteiger partial charge on any atom is -0.507 e. The maximum absolute atomic E-state index is 14.4. The highest BCUT2D eigenvalue weighted by molar-refractivity contribution is 6.58. The maximum Gasteiger partial charge on any atom is 0.488 e. The third-order valence-corrected chi connectivity index (χ3v) is 10.3. The molecule has 0 radical (unpaired) electrons.